The standard InChI is InChI=1S/C16H24N2O6/c1-6-18(7-2)16(21)23-10-13(24-14(19)11(3)4)9-22-15(20)12(5)8-17/h8,13,17H,3,5-7,9-10H2,1-2,4H3. The minimum Gasteiger partial charge on any atom is -0.458 e. The highest BCUT2D eigenvalue weighted by Gasteiger charge is 2.21. The van der Waals surface area contributed by atoms with Crippen molar-refractivity contribution in [1.29, 1.82) is 5.41 Å². The molecule has 0 radical (unpaired) electrons. The van der Waals surface area contributed by atoms with Gasteiger partial charge in [-0.3, -0.25) is 0 Å². The number of nitrogens with one attached hydrogen (secondary N) is 1. The Morgan fingerprint density at radius 1 is 1.08 bits per heavy atom. The van der Waals surface area contributed by atoms with E-state index >= 15 is 0 Å². The lowest BCUT2D eigenvalue weighted by Gasteiger charge is -2.21. The molecule has 0 fully saturated rings. The number of carbonyl (C=O) groups is 3. The third-order valence-electron chi connectivity index (χ3n) is 2.87. The second kappa shape index (κ2) is 11.0. The van der Waals surface area contributed by atoms with Crippen LogP contribution in [0, 0.1) is 5.41 Å². The maximum absolute atomic E-state index is 11.8. The second-order valence-electron chi connectivity index (χ2n) is 4.82. The molecule has 24 heavy (non-hydrogen) atoms. The van der Waals surface area contributed by atoms with Crippen LogP contribution < -0.4 is 0 Å². The predicted molar refractivity (Wildman–Crippen MR) is 87.8 cm³/mol. The summed E-state index contributed by atoms with van der Waals surface area (Å²) in [6.45, 7) is 12.2. The average molecular weight is 340 g/mol. The number of rotatable bonds is 10. The van der Waals surface area contributed by atoms with Crippen molar-refractivity contribution in [2.75, 3.05) is 26.3 Å². The van der Waals surface area contributed by atoms with E-state index in [4.69, 9.17) is 19.6 Å². The van der Waals surface area contributed by atoms with Crippen molar-refractivity contribution >= 4 is 24.2 Å². The van der Waals surface area contributed by atoms with Gasteiger partial charge in [0.2, 0.25) is 0 Å². The normalized spacial score (nSPS) is 11.0. The summed E-state index contributed by atoms with van der Waals surface area (Å²) in [5, 5.41) is 6.92. The maximum atomic E-state index is 11.8. The van der Waals surface area contributed by atoms with Crippen LogP contribution in [-0.4, -0.2) is 61.6 Å². The highest BCUT2D eigenvalue weighted by molar-refractivity contribution is 6.07. The Labute approximate surface area is 141 Å². The molecule has 1 N–H and O–H groups in total. The van der Waals surface area contributed by atoms with E-state index in [-0.39, 0.29) is 24.4 Å². The Hall–Kier alpha value is -2.64. The molecule has 1 amide bonds. The lowest BCUT2D eigenvalue weighted by atomic mass is 10.3. The van der Waals surface area contributed by atoms with Crippen LogP contribution in [0.2, 0.25) is 0 Å². The lowest BCUT2D eigenvalue weighted by molar-refractivity contribution is -0.156. The van der Waals surface area contributed by atoms with Crippen LogP contribution in [0.5, 0.6) is 0 Å². The second-order valence-corrected chi connectivity index (χ2v) is 4.82. The molecule has 0 saturated heterocycles. The monoisotopic (exact) mass is 340 g/mol. The van der Waals surface area contributed by atoms with Gasteiger partial charge in [0.15, 0.2) is 6.10 Å². The Morgan fingerprint density at radius 2 is 1.62 bits per heavy atom. The molecule has 1 unspecified atom stereocenters. The zero-order chi connectivity index (χ0) is 18.7. The predicted octanol–water partition coefficient (Wildman–Crippen LogP) is 1.70. The fourth-order valence-corrected chi connectivity index (χ4v) is 1.43. The summed E-state index contributed by atoms with van der Waals surface area (Å²) in [5.41, 5.74) is 0.00501. The Balaban J connectivity index is 4.75. The van der Waals surface area contributed by atoms with E-state index in [2.05, 4.69) is 13.2 Å². The summed E-state index contributed by atoms with van der Waals surface area (Å²) in [4.78, 5) is 36.4. The Morgan fingerprint density at radius 3 is 2.08 bits per heavy atom. The zero-order valence-electron chi connectivity index (χ0n) is 14.3. The van der Waals surface area contributed by atoms with Crippen LogP contribution in [-0.2, 0) is 23.8 Å². The molecule has 0 aliphatic heterocycles. The molecule has 0 bridgehead atoms. The molecular formula is C16H24N2O6. The van der Waals surface area contributed by atoms with E-state index in [1.165, 1.54) is 11.8 Å². The minimum atomic E-state index is -0.990. The first-order valence-corrected chi connectivity index (χ1v) is 7.41. The molecule has 0 aromatic carbocycles. The number of hydrogen-bond acceptors (Lipinski definition) is 7. The van der Waals surface area contributed by atoms with Gasteiger partial charge in [0.1, 0.15) is 13.2 Å². The van der Waals surface area contributed by atoms with Crippen molar-refractivity contribution in [3.05, 3.63) is 24.3 Å². The van der Waals surface area contributed by atoms with Gasteiger partial charge in [-0.1, -0.05) is 13.2 Å². The van der Waals surface area contributed by atoms with Crippen molar-refractivity contribution < 1.29 is 28.6 Å². The molecule has 134 valence electrons. The van der Waals surface area contributed by atoms with Crippen molar-refractivity contribution in [3.63, 3.8) is 0 Å². The van der Waals surface area contributed by atoms with Gasteiger partial charge < -0.3 is 24.5 Å². The Kier molecular flexibility index (Phi) is 9.77. The molecule has 0 heterocycles. The number of nitrogens with zero attached hydrogens (tertiary/aromatic N) is 1. The van der Waals surface area contributed by atoms with Crippen LogP contribution in [0.25, 0.3) is 0 Å². The van der Waals surface area contributed by atoms with Gasteiger partial charge in [-0.2, -0.15) is 0 Å². The quantitative estimate of drug-likeness (QED) is 0.281. The highest BCUT2D eigenvalue weighted by atomic mass is 16.6. The summed E-state index contributed by atoms with van der Waals surface area (Å²) in [5.74, 6) is -1.52. The molecule has 0 aliphatic carbocycles. The van der Waals surface area contributed by atoms with Crippen LogP contribution in [0.1, 0.15) is 20.8 Å². The fraction of sp³-hybridized carbons (Fsp3) is 0.500. The topological polar surface area (TPSA) is 106 Å². The van der Waals surface area contributed by atoms with Crippen LogP contribution in [0.15, 0.2) is 24.3 Å². The van der Waals surface area contributed by atoms with Crippen LogP contribution >= 0.6 is 0 Å². The molecule has 0 saturated carbocycles. The summed E-state index contributed by atoms with van der Waals surface area (Å²) in [6, 6.07) is 0. The van der Waals surface area contributed by atoms with Crippen molar-refractivity contribution in [2.24, 2.45) is 0 Å². The zero-order valence-corrected chi connectivity index (χ0v) is 14.3. The summed E-state index contributed by atoms with van der Waals surface area (Å²) >= 11 is 0. The minimum absolute atomic E-state index is 0.153. The van der Waals surface area contributed by atoms with Gasteiger partial charge in [0, 0.05) is 24.9 Å². The molecule has 0 rings (SSSR count). The number of esters is 2. The maximum Gasteiger partial charge on any atom is 0.409 e. The third kappa shape index (κ3) is 7.57. The SMILES string of the molecule is C=C(C)C(=O)OC(COC(=O)C(=C)C=N)COC(=O)N(CC)CC. The van der Waals surface area contributed by atoms with Crippen LogP contribution in [0.4, 0.5) is 4.79 Å². The molecule has 0 aromatic rings. The molecule has 8 nitrogen and oxygen atoms in total. The largest absolute Gasteiger partial charge is 0.458 e. The van der Waals surface area contributed by atoms with E-state index in [9.17, 15) is 14.4 Å². The van der Waals surface area contributed by atoms with E-state index < -0.39 is 24.1 Å². The first-order chi connectivity index (χ1) is 11.3. The summed E-state index contributed by atoms with van der Waals surface area (Å²) in [7, 11) is 0. The summed E-state index contributed by atoms with van der Waals surface area (Å²) < 4.78 is 15.0. The molecule has 0 aliphatic rings. The van der Waals surface area contributed by atoms with E-state index in [0.29, 0.717) is 13.1 Å². The molecule has 0 spiro atoms. The number of carbonyl (C=O) groups excluding carboxylic acids is 3. The van der Waals surface area contributed by atoms with E-state index in [1.54, 1.807) is 13.8 Å². The number of ether oxygens (including phenoxy) is 3. The van der Waals surface area contributed by atoms with Gasteiger partial charge in [-0.15, -0.1) is 0 Å². The number of hydrogen-bond donors (Lipinski definition) is 1. The molecule has 0 aromatic heterocycles. The first kappa shape index (κ1) is 21.4. The van der Waals surface area contributed by atoms with E-state index in [0.717, 1.165) is 6.21 Å². The average Bonchev–Trinajstić information content (AvgIpc) is 2.56. The van der Waals surface area contributed by atoms with Crippen molar-refractivity contribution in [3.8, 4) is 0 Å². The first-order valence-electron chi connectivity index (χ1n) is 7.41. The van der Waals surface area contributed by atoms with Gasteiger partial charge in [-0.25, -0.2) is 14.4 Å². The van der Waals surface area contributed by atoms with E-state index in [1.807, 2.05) is 0 Å². The molecular weight excluding hydrogens is 316 g/mol. The highest BCUT2D eigenvalue weighted by Crippen LogP contribution is 2.04. The van der Waals surface area contributed by atoms with Gasteiger partial charge in [0.25, 0.3) is 0 Å². The van der Waals surface area contributed by atoms with Crippen LogP contribution in [0.3, 0.4) is 0 Å². The summed E-state index contributed by atoms with van der Waals surface area (Å²) in [6.07, 6.45) is -0.805. The fourth-order valence-electron chi connectivity index (χ4n) is 1.43. The van der Waals surface area contributed by atoms with Gasteiger partial charge in [-0.05, 0) is 20.8 Å². The molecule has 8 heteroatoms. The van der Waals surface area contributed by atoms with Crippen molar-refractivity contribution in [1.82, 2.24) is 4.90 Å². The smallest absolute Gasteiger partial charge is 0.409 e. The van der Waals surface area contributed by atoms with Gasteiger partial charge >= 0.3 is 18.0 Å². The van der Waals surface area contributed by atoms with Crippen molar-refractivity contribution in [2.45, 2.75) is 26.9 Å². The molecule has 1 atom stereocenters. The lowest BCUT2D eigenvalue weighted by Crippen LogP contribution is -2.36. The number of amides is 1. The van der Waals surface area contributed by atoms with Gasteiger partial charge in [0.05, 0.1) is 5.57 Å². The Bertz CT molecular complexity index is 511. The third-order valence-corrected chi connectivity index (χ3v) is 2.87.